The van der Waals surface area contributed by atoms with Gasteiger partial charge in [-0.15, -0.1) is 4.84 Å². The molecule has 1 radical (unpaired) electrons. The van der Waals surface area contributed by atoms with E-state index < -0.39 is 0 Å². The summed E-state index contributed by atoms with van der Waals surface area (Å²) in [4.78, 5) is 5.08. The zero-order valence-corrected chi connectivity index (χ0v) is 5.43. The molecule has 0 fully saturated rings. The minimum Gasteiger partial charge on any atom is -0.147 e. The zero-order chi connectivity index (χ0) is 5.86. The number of hydrogen-bond acceptors (Lipinski definition) is 2. The van der Waals surface area contributed by atoms with Crippen LogP contribution in [0.1, 0.15) is 13.8 Å². The average molecular weight is 103 g/mol. The molecule has 0 aliphatic heterocycles. The van der Waals surface area contributed by atoms with E-state index in [0.29, 0.717) is 6.10 Å². The molecule has 0 aliphatic rings. The lowest BCUT2D eigenvalue weighted by Gasteiger charge is -2.00. The van der Waals surface area contributed by atoms with Gasteiger partial charge in [-0.1, -0.05) is 0 Å². The molecule has 2 heteroatoms. The fourth-order valence-electron chi connectivity index (χ4n) is 0.422. The van der Waals surface area contributed by atoms with Crippen LogP contribution in [0.15, 0.2) is 0 Å². The SMILES string of the molecule is CC(C)O[N+](C)C. The molecule has 0 rings (SSSR count). The third kappa shape index (κ3) is 5.92. The molecule has 0 atom stereocenters. The Morgan fingerprint density at radius 3 is 1.71 bits per heavy atom. The normalized spacial score (nSPS) is 11.1. The van der Waals surface area contributed by atoms with E-state index in [2.05, 4.69) is 0 Å². The molecule has 2 nitrogen and oxygen atoms in total. The molecule has 0 bridgehead atoms. The van der Waals surface area contributed by atoms with Gasteiger partial charge in [0.05, 0.1) is 0 Å². The Morgan fingerprint density at radius 1 is 1.29 bits per heavy atom. The van der Waals surface area contributed by atoms with Gasteiger partial charge in [0.2, 0.25) is 0 Å². The maximum Gasteiger partial charge on any atom is 0.149 e. The first-order valence-electron chi connectivity index (χ1n) is 2.47. The van der Waals surface area contributed by atoms with E-state index >= 15 is 0 Å². The topological polar surface area (TPSA) is 15.1 Å². The summed E-state index contributed by atoms with van der Waals surface area (Å²) in [5.41, 5.74) is 0. The Morgan fingerprint density at radius 2 is 1.71 bits per heavy atom. The van der Waals surface area contributed by atoms with Gasteiger partial charge in [0.1, 0.15) is 20.2 Å². The Bertz CT molecular complexity index is 37.3. The minimum absolute atomic E-state index is 0.301. The molecule has 0 N–H and O–H groups in total. The average Bonchev–Trinajstić information content (AvgIpc) is 1.27. The maximum absolute atomic E-state index is 5.08. The van der Waals surface area contributed by atoms with E-state index in [0.717, 1.165) is 0 Å². The lowest BCUT2D eigenvalue weighted by Crippen LogP contribution is -2.23. The van der Waals surface area contributed by atoms with Crippen LogP contribution >= 0.6 is 0 Å². The maximum atomic E-state index is 5.08. The van der Waals surface area contributed by atoms with Crippen LogP contribution in [0.3, 0.4) is 0 Å². The molecule has 43 valence electrons. The second kappa shape index (κ2) is 2.99. The van der Waals surface area contributed by atoms with E-state index in [-0.39, 0.29) is 0 Å². The highest BCUT2D eigenvalue weighted by Gasteiger charge is 2.01. The van der Waals surface area contributed by atoms with Gasteiger partial charge in [-0.05, 0) is 18.9 Å². The molecular weight excluding hydrogens is 90.1 g/mol. The molecule has 0 heterocycles. The standard InChI is InChI=1S/C5H13NO/c1-5(2)7-6(3)4/h5H,1-4H3/q+1. The van der Waals surface area contributed by atoms with Crippen molar-refractivity contribution in [2.75, 3.05) is 14.1 Å². The van der Waals surface area contributed by atoms with Gasteiger partial charge < -0.3 is 0 Å². The number of rotatable bonds is 2. The summed E-state index contributed by atoms with van der Waals surface area (Å²) in [5.74, 6) is 0. The van der Waals surface area contributed by atoms with Crippen molar-refractivity contribution in [3.63, 3.8) is 0 Å². The molecule has 0 aromatic heterocycles. The van der Waals surface area contributed by atoms with Crippen molar-refractivity contribution < 1.29 is 4.84 Å². The van der Waals surface area contributed by atoms with E-state index in [9.17, 15) is 0 Å². The Hall–Kier alpha value is -0.0800. The Kier molecular flexibility index (Phi) is 2.96. The van der Waals surface area contributed by atoms with Gasteiger partial charge in [0.15, 0.2) is 0 Å². The highest BCUT2D eigenvalue weighted by atomic mass is 16.7. The van der Waals surface area contributed by atoms with Crippen LogP contribution in [0.2, 0.25) is 0 Å². The molecule has 0 unspecified atom stereocenters. The number of nitrogens with zero attached hydrogens (tertiary/aromatic N) is 1. The smallest absolute Gasteiger partial charge is 0.147 e. The van der Waals surface area contributed by atoms with E-state index in [1.807, 2.05) is 27.9 Å². The molecule has 0 aromatic carbocycles. The highest BCUT2D eigenvalue weighted by Crippen LogP contribution is 1.84. The first-order valence-corrected chi connectivity index (χ1v) is 2.47. The largest absolute Gasteiger partial charge is 0.149 e. The summed E-state index contributed by atoms with van der Waals surface area (Å²) in [6.07, 6.45) is 0.301. The molecule has 0 saturated heterocycles. The monoisotopic (exact) mass is 103 g/mol. The summed E-state index contributed by atoms with van der Waals surface area (Å²) in [6.45, 7) is 4.00. The first-order chi connectivity index (χ1) is 3.13. The molecule has 0 aromatic rings. The van der Waals surface area contributed by atoms with Gasteiger partial charge in [-0.3, -0.25) is 0 Å². The van der Waals surface area contributed by atoms with Crippen LogP contribution in [-0.4, -0.2) is 20.2 Å². The van der Waals surface area contributed by atoms with Crippen molar-refractivity contribution >= 4 is 0 Å². The van der Waals surface area contributed by atoms with E-state index in [4.69, 9.17) is 4.84 Å². The van der Waals surface area contributed by atoms with Crippen LogP contribution < -0.4 is 5.06 Å². The molecule has 0 aliphatic carbocycles. The second-order valence-corrected chi connectivity index (χ2v) is 1.97. The van der Waals surface area contributed by atoms with Crippen LogP contribution in [-0.2, 0) is 4.84 Å². The lowest BCUT2D eigenvalue weighted by molar-refractivity contribution is -0.0731. The van der Waals surface area contributed by atoms with Gasteiger partial charge in [0.25, 0.3) is 0 Å². The third-order valence-corrected chi connectivity index (χ3v) is 0.422. The summed E-state index contributed by atoms with van der Waals surface area (Å²) >= 11 is 0. The molecule has 7 heavy (non-hydrogen) atoms. The second-order valence-electron chi connectivity index (χ2n) is 1.97. The molecule has 0 saturated carbocycles. The van der Waals surface area contributed by atoms with Crippen molar-refractivity contribution in [3.05, 3.63) is 0 Å². The van der Waals surface area contributed by atoms with E-state index in [1.165, 1.54) is 0 Å². The first kappa shape index (κ1) is 6.92. The Balaban J connectivity index is 2.95. The highest BCUT2D eigenvalue weighted by molar-refractivity contribution is 4.31. The van der Waals surface area contributed by atoms with Crippen molar-refractivity contribution in [2.24, 2.45) is 0 Å². The summed E-state index contributed by atoms with van der Waals surface area (Å²) in [7, 11) is 3.75. The summed E-state index contributed by atoms with van der Waals surface area (Å²) < 4.78 is 0. The van der Waals surface area contributed by atoms with Crippen LogP contribution in [0, 0.1) is 0 Å². The zero-order valence-electron chi connectivity index (χ0n) is 5.43. The van der Waals surface area contributed by atoms with Crippen molar-refractivity contribution in [3.8, 4) is 0 Å². The fraction of sp³-hybridized carbons (Fsp3) is 1.00. The van der Waals surface area contributed by atoms with Crippen molar-refractivity contribution in [1.82, 2.24) is 5.06 Å². The molecule has 0 spiro atoms. The van der Waals surface area contributed by atoms with Gasteiger partial charge in [-0.25, -0.2) is 0 Å². The predicted octanol–water partition coefficient (Wildman–Crippen LogP) is 0.726. The van der Waals surface area contributed by atoms with Crippen LogP contribution in [0.25, 0.3) is 0 Å². The predicted molar refractivity (Wildman–Crippen MR) is 30.2 cm³/mol. The number of hydrogen-bond donors (Lipinski definition) is 0. The van der Waals surface area contributed by atoms with Crippen LogP contribution in [0.5, 0.6) is 0 Å². The summed E-state index contributed by atoms with van der Waals surface area (Å²) in [5, 5.41) is 1.70. The van der Waals surface area contributed by atoms with Crippen LogP contribution in [0.4, 0.5) is 0 Å². The third-order valence-electron chi connectivity index (χ3n) is 0.422. The van der Waals surface area contributed by atoms with Crippen molar-refractivity contribution in [1.29, 1.82) is 0 Å². The molecular formula is C5H13NO+. The minimum atomic E-state index is 0.301. The van der Waals surface area contributed by atoms with Gasteiger partial charge >= 0.3 is 0 Å². The molecule has 0 amide bonds. The lowest BCUT2D eigenvalue weighted by atomic mass is 10.5. The fourth-order valence-corrected chi connectivity index (χ4v) is 0.422. The quantitative estimate of drug-likeness (QED) is 0.371. The summed E-state index contributed by atoms with van der Waals surface area (Å²) in [6, 6.07) is 0. The van der Waals surface area contributed by atoms with Gasteiger partial charge in [-0.2, -0.15) is 0 Å². The number of hydroxylamine groups is 2. The van der Waals surface area contributed by atoms with E-state index in [1.54, 1.807) is 5.06 Å². The van der Waals surface area contributed by atoms with Gasteiger partial charge in [0, 0.05) is 0 Å². The van der Waals surface area contributed by atoms with Crippen molar-refractivity contribution in [2.45, 2.75) is 20.0 Å². The Labute approximate surface area is 45.0 Å².